The number of carboxylic acid groups (broad SMARTS) is 1. The van der Waals surface area contributed by atoms with Gasteiger partial charge in [-0.05, 0) is 12.1 Å². The summed E-state index contributed by atoms with van der Waals surface area (Å²) in [7, 11) is 0. The number of carboxylic acids is 1. The molecule has 0 spiro atoms. The van der Waals surface area contributed by atoms with Crippen molar-refractivity contribution in [3.05, 3.63) is 34.8 Å². The highest BCUT2D eigenvalue weighted by molar-refractivity contribution is 8.04. The van der Waals surface area contributed by atoms with E-state index in [1.165, 1.54) is 16.7 Å². The van der Waals surface area contributed by atoms with Gasteiger partial charge in [0.25, 0.3) is 0 Å². The Morgan fingerprint density at radius 3 is 3.06 bits per heavy atom. The van der Waals surface area contributed by atoms with E-state index < -0.39 is 5.97 Å². The first-order valence-electron chi connectivity index (χ1n) is 5.14. The van der Waals surface area contributed by atoms with Gasteiger partial charge in [0.2, 0.25) is 5.91 Å². The van der Waals surface area contributed by atoms with E-state index in [-0.39, 0.29) is 17.0 Å². The third-order valence-electron chi connectivity index (χ3n) is 2.81. The quantitative estimate of drug-likeness (QED) is 0.823. The lowest BCUT2D eigenvalue weighted by atomic mass is 10.1. The predicted octanol–water partition coefficient (Wildman–Crippen LogP) is 1.42. The molecule has 1 amide bonds. The molecule has 1 N–H and O–H groups in total. The van der Waals surface area contributed by atoms with Crippen molar-refractivity contribution in [1.29, 1.82) is 0 Å². The summed E-state index contributed by atoms with van der Waals surface area (Å²) in [6.45, 7) is 0. The maximum Gasteiger partial charge on any atom is 0.353 e. The molecule has 2 aliphatic heterocycles. The van der Waals surface area contributed by atoms with Gasteiger partial charge >= 0.3 is 5.97 Å². The fourth-order valence-corrected chi connectivity index (χ4v) is 3.43. The number of hydrogen-bond donors (Lipinski definition) is 1. The standard InChI is InChI=1S/C11H9NO4S/c13-8-5-9-12(8)10(11(14)15)7(17-9)4-6-2-1-3-16-6/h1-3,9H,4-5H2,(H,14,15)/t9-/m1/s1. The number of aliphatic carboxylic acids is 1. The van der Waals surface area contributed by atoms with Crippen molar-refractivity contribution >= 4 is 23.6 Å². The Bertz CT molecular complexity index is 520. The van der Waals surface area contributed by atoms with E-state index in [9.17, 15) is 9.59 Å². The van der Waals surface area contributed by atoms with Gasteiger partial charge in [0.15, 0.2) is 0 Å². The van der Waals surface area contributed by atoms with Crippen LogP contribution in [0, 0.1) is 0 Å². The van der Waals surface area contributed by atoms with E-state index in [2.05, 4.69) is 0 Å². The number of hydrogen-bond acceptors (Lipinski definition) is 4. The van der Waals surface area contributed by atoms with Gasteiger partial charge in [0.05, 0.1) is 18.1 Å². The Morgan fingerprint density at radius 2 is 2.47 bits per heavy atom. The van der Waals surface area contributed by atoms with Crippen molar-refractivity contribution < 1.29 is 19.1 Å². The molecular weight excluding hydrogens is 242 g/mol. The summed E-state index contributed by atoms with van der Waals surface area (Å²) < 4.78 is 5.20. The van der Waals surface area contributed by atoms with Crippen molar-refractivity contribution in [2.45, 2.75) is 18.2 Å². The van der Waals surface area contributed by atoms with Gasteiger partial charge in [-0.2, -0.15) is 0 Å². The number of fused-ring (bicyclic) bond motifs is 1. The summed E-state index contributed by atoms with van der Waals surface area (Å²) in [5, 5.41) is 9.13. The lowest BCUT2D eigenvalue weighted by Gasteiger charge is -2.33. The summed E-state index contributed by atoms with van der Waals surface area (Å²) in [5.74, 6) is -0.454. The molecule has 5 nitrogen and oxygen atoms in total. The minimum absolute atomic E-state index is 0.0291. The van der Waals surface area contributed by atoms with E-state index in [0.717, 1.165) is 0 Å². The monoisotopic (exact) mass is 251 g/mol. The first-order chi connectivity index (χ1) is 8.16. The van der Waals surface area contributed by atoms with Crippen LogP contribution >= 0.6 is 11.8 Å². The van der Waals surface area contributed by atoms with Crippen molar-refractivity contribution in [2.75, 3.05) is 0 Å². The lowest BCUT2D eigenvalue weighted by molar-refractivity contribution is -0.145. The van der Waals surface area contributed by atoms with Gasteiger partial charge in [-0.1, -0.05) is 0 Å². The molecule has 1 saturated heterocycles. The lowest BCUT2D eigenvalue weighted by Crippen LogP contribution is -2.48. The summed E-state index contributed by atoms with van der Waals surface area (Å²) in [6, 6.07) is 3.56. The molecule has 1 aromatic rings. The topological polar surface area (TPSA) is 70.7 Å². The number of nitrogens with zero attached hydrogens (tertiary/aromatic N) is 1. The van der Waals surface area contributed by atoms with Crippen LogP contribution in [0.4, 0.5) is 0 Å². The SMILES string of the molecule is O=C(O)C1=C(Cc2ccco2)S[C@@H]2CC(=O)N12. The minimum atomic E-state index is -1.05. The van der Waals surface area contributed by atoms with E-state index in [1.54, 1.807) is 18.4 Å². The van der Waals surface area contributed by atoms with Crippen LogP contribution < -0.4 is 0 Å². The maximum atomic E-state index is 11.4. The normalized spacial score (nSPS) is 22.7. The molecule has 3 rings (SSSR count). The Labute approximate surface area is 101 Å². The van der Waals surface area contributed by atoms with Crippen LogP contribution in [0.25, 0.3) is 0 Å². The number of amides is 1. The molecule has 0 bridgehead atoms. The third-order valence-corrected chi connectivity index (χ3v) is 4.08. The molecular formula is C11H9NO4S. The first kappa shape index (κ1) is 10.5. The zero-order valence-corrected chi connectivity index (χ0v) is 9.57. The largest absolute Gasteiger partial charge is 0.477 e. The summed E-state index contributed by atoms with van der Waals surface area (Å²) in [6.07, 6.45) is 2.40. The van der Waals surface area contributed by atoms with E-state index in [0.29, 0.717) is 23.5 Å². The fourth-order valence-electron chi connectivity index (χ4n) is 2.02. The van der Waals surface area contributed by atoms with Crippen molar-refractivity contribution in [3.63, 3.8) is 0 Å². The first-order valence-corrected chi connectivity index (χ1v) is 6.02. The summed E-state index contributed by atoms with van der Waals surface area (Å²) in [4.78, 5) is 24.6. The second kappa shape index (κ2) is 3.66. The van der Waals surface area contributed by atoms with Gasteiger partial charge < -0.3 is 9.52 Å². The number of furan rings is 1. The number of allylic oxidation sites excluding steroid dienone is 1. The second-order valence-electron chi connectivity index (χ2n) is 3.87. The van der Waals surface area contributed by atoms with Crippen molar-refractivity contribution in [1.82, 2.24) is 4.90 Å². The van der Waals surface area contributed by atoms with Crippen molar-refractivity contribution in [2.24, 2.45) is 0 Å². The third kappa shape index (κ3) is 1.56. The highest BCUT2D eigenvalue weighted by Gasteiger charge is 2.48. The van der Waals surface area contributed by atoms with Crippen LogP contribution in [0.3, 0.4) is 0 Å². The van der Waals surface area contributed by atoms with E-state index in [4.69, 9.17) is 9.52 Å². The van der Waals surface area contributed by atoms with Gasteiger partial charge in [0.1, 0.15) is 11.5 Å². The predicted molar refractivity (Wildman–Crippen MR) is 59.9 cm³/mol. The molecule has 88 valence electrons. The Morgan fingerprint density at radius 1 is 1.65 bits per heavy atom. The Kier molecular flexibility index (Phi) is 2.25. The molecule has 3 heterocycles. The average molecular weight is 251 g/mol. The van der Waals surface area contributed by atoms with E-state index >= 15 is 0 Å². The molecule has 1 fully saturated rings. The minimum Gasteiger partial charge on any atom is -0.477 e. The highest BCUT2D eigenvalue weighted by Crippen LogP contribution is 2.47. The second-order valence-corrected chi connectivity index (χ2v) is 5.15. The zero-order valence-electron chi connectivity index (χ0n) is 8.75. The number of rotatable bonds is 3. The smallest absolute Gasteiger partial charge is 0.353 e. The average Bonchev–Trinajstić information content (AvgIpc) is 2.84. The molecule has 0 saturated carbocycles. The van der Waals surface area contributed by atoms with Crippen molar-refractivity contribution in [3.8, 4) is 0 Å². The highest BCUT2D eigenvalue weighted by atomic mass is 32.2. The molecule has 0 aliphatic carbocycles. The number of thioether (sulfide) groups is 1. The molecule has 0 aromatic carbocycles. The maximum absolute atomic E-state index is 11.4. The zero-order chi connectivity index (χ0) is 12.0. The molecule has 2 aliphatic rings. The summed E-state index contributed by atoms with van der Waals surface area (Å²) in [5.41, 5.74) is 0.118. The molecule has 1 aromatic heterocycles. The van der Waals surface area contributed by atoms with Gasteiger partial charge in [-0.3, -0.25) is 9.69 Å². The fraction of sp³-hybridized carbons (Fsp3) is 0.273. The van der Waals surface area contributed by atoms with E-state index in [1.807, 2.05) is 0 Å². The molecule has 17 heavy (non-hydrogen) atoms. The number of carbonyl (C=O) groups is 2. The van der Waals surface area contributed by atoms with Gasteiger partial charge in [-0.25, -0.2) is 4.79 Å². The molecule has 1 atom stereocenters. The van der Waals surface area contributed by atoms with Crippen LogP contribution in [0.5, 0.6) is 0 Å². The Hall–Kier alpha value is -1.69. The Balaban J connectivity index is 1.92. The van der Waals surface area contributed by atoms with Crippen LogP contribution in [-0.4, -0.2) is 27.3 Å². The molecule has 0 unspecified atom stereocenters. The van der Waals surface area contributed by atoms with Crippen LogP contribution in [0.15, 0.2) is 33.4 Å². The van der Waals surface area contributed by atoms with Crippen LogP contribution in [0.2, 0.25) is 0 Å². The summed E-state index contributed by atoms with van der Waals surface area (Å²) >= 11 is 1.44. The van der Waals surface area contributed by atoms with Crippen LogP contribution in [-0.2, 0) is 16.0 Å². The number of β-lactam (4-membered cyclic amide) rings is 1. The van der Waals surface area contributed by atoms with Gasteiger partial charge in [0, 0.05) is 11.3 Å². The van der Waals surface area contributed by atoms with Gasteiger partial charge in [-0.15, -0.1) is 11.8 Å². The number of carbonyl (C=O) groups excluding carboxylic acids is 1. The molecule has 6 heteroatoms. The molecule has 0 radical (unpaired) electrons. The van der Waals surface area contributed by atoms with Crippen LogP contribution in [0.1, 0.15) is 12.2 Å².